The van der Waals surface area contributed by atoms with Crippen molar-refractivity contribution in [3.05, 3.63) is 82.4 Å². The third kappa shape index (κ3) is 3.96. The van der Waals surface area contributed by atoms with Crippen molar-refractivity contribution in [2.45, 2.75) is 31.7 Å². The second-order valence-electron chi connectivity index (χ2n) is 8.00. The van der Waals surface area contributed by atoms with Gasteiger partial charge in [0, 0.05) is 18.5 Å². The topological polar surface area (TPSA) is 66.1 Å². The van der Waals surface area contributed by atoms with E-state index in [1.165, 1.54) is 17.4 Å². The van der Waals surface area contributed by atoms with Gasteiger partial charge in [-0.2, -0.15) is 0 Å². The van der Waals surface area contributed by atoms with Crippen LogP contribution in [0.25, 0.3) is 21.5 Å². The summed E-state index contributed by atoms with van der Waals surface area (Å²) in [6, 6.07) is 17.9. The van der Waals surface area contributed by atoms with Crippen molar-refractivity contribution in [3.8, 4) is 11.3 Å². The lowest BCUT2D eigenvalue weighted by molar-refractivity contribution is -0.120. The van der Waals surface area contributed by atoms with E-state index in [1.54, 1.807) is 24.3 Å². The van der Waals surface area contributed by atoms with E-state index in [9.17, 15) is 14.0 Å². The van der Waals surface area contributed by atoms with Gasteiger partial charge in [-0.3, -0.25) is 9.59 Å². The highest BCUT2D eigenvalue weighted by molar-refractivity contribution is 7.22. The Labute approximate surface area is 188 Å². The van der Waals surface area contributed by atoms with Crippen molar-refractivity contribution < 1.29 is 9.18 Å². The van der Waals surface area contributed by atoms with E-state index in [4.69, 9.17) is 0 Å². The van der Waals surface area contributed by atoms with Crippen LogP contribution in [0.2, 0.25) is 0 Å². The minimum atomic E-state index is -0.393. The minimum Gasteiger partial charge on any atom is -0.338 e. The summed E-state index contributed by atoms with van der Waals surface area (Å²) < 4.78 is 14.9. The molecule has 0 radical (unpaired) electrons. The number of rotatable bonds is 6. The molecule has 5 nitrogen and oxygen atoms in total. The van der Waals surface area contributed by atoms with Gasteiger partial charge in [0.25, 0.3) is 5.56 Å². The number of carbonyl (C=O) groups excluding carboxylic acids is 1. The Hall–Kier alpha value is -3.32. The number of hydrogen-bond acceptors (Lipinski definition) is 5. The fraction of sp³-hybridized carbons (Fsp3) is 0.240. The van der Waals surface area contributed by atoms with Gasteiger partial charge in [-0.25, -0.2) is 9.37 Å². The summed E-state index contributed by atoms with van der Waals surface area (Å²) in [6.45, 7) is 0.736. The third-order valence-corrected chi connectivity index (χ3v) is 6.96. The molecule has 7 heteroatoms. The van der Waals surface area contributed by atoms with Gasteiger partial charge < -0.3 is 9.88 Å². The maximum absolute atomic E-state index is 14.2. The predicted molar refractivity (Wildman–Crippen MR) is 126 cm³/mol. The molecule has 1 aliphatic heterocycles. The van der Waals surface area contributed by atoms with Crippen molar-refractivity contribution in [2.24, 2.45) is 0 Å². The molecule has 2 aromatic heterocycles. The van der Waals surface area contributed by atoms with Crippen LogP contribution in [-0.2, 0) is 11.2 Å². The third-order valence-electron chi connectivity index (χ3n) is 5.92. The van der Waals surface area contributed by atoms with E-state index in [-0.39, 0.29) is 17.4 Å². The van der Waals surface area contributed by atoms with Gasteiger partial charge in [-0.1, -0.05) is 53.8 Å². The summed E-state index contributed by atoms with van der Waals surface area (Å²) in [4.78, 5) is 35.0. The van der Waals surface area contributed by atoms with E-state index in [0.717, 1.165) is 31.4 Å². The number of aromatic amines is 1. The van der Waals surface area contributed by atoms with Gasteiger partial charge in [0.2, 0.25) is 0 Å². The molecule has 32 heavy (non-hydrogen) atoms. The van der Waals surface area contributed by atoms with Gasteiger partial charge in [0.15, 0.2) is 10.9 Å². The average Bonchev–Trinajstić information content (AvgIpc) is 3.46. The molecule has 4 aromatic rings. The molecule has 5 rings (SSSR count). The number of ketones is 1. The Morgan fingerprint density at radius 1 is 1.16 bits per heavy atom. The highest BCUT2D eigenvalue weighted by atomic mass is 32.1. The zero-order valence-corrected chi connectivity index (χ0v) is 18.2. The first kappa shape index (κ1) is 20.6. The van der Waals surface area contributed by atoms with E-state index in [0.29, 0.717) is 33.0 Å². The van der Waals surface area contributed by atoms with Gasteiger partial charge in [-0.05, 0) is 43.0 Å². The number of H-pyrrole nitrogens is 1. The number of aromatic nitrogens is 2. The Kier molecular flexibility index (Phi) is 5.57. The number of hydrogen-bond donors (Lipinski definition) is 1. The number of fused-ring (bicyclic) bond motifs is 1. The molecule has 0 saturated carbocycles. The zero-order chi connectivity index (χ0) is 22.1. The zero-order valence-electron chi connectivity index (χ0n) is 17.4. The fourth-order valence-electron chi connectivity index (χ4n) is 4.29. The minimum absolute atomic E-state index is 0.201. The number of anilines is 1. The number of nitrogens with one attached hydrogen (secondary N) is 1. The van der Waals surface area contributed by atoms with E-state index in [1.807, 2.05) is 35.2 Å². The largest absolute Gasteiger partial charge is 0.338 e. The molecule has 1 fully saturated rings. The van der Waals surface area contributed by atoms with Crippen LogP contribution in [0.4, 0.5) is 9.52 Å². The second-order valence-corrected chi connectivity index (χ2v) is 9.01. The van der Waals surface area contributed by atoms with Crippen LogP contribution in [0.5, 0.6) is 0 Å². The first-order chi connectivity index (χ1) is 15.6. The van der Waals surface area contributed by atoms with Gasteiger partial charge in [-0.15, -0.1) is 0 Å². The van der Waals surface area contributed by atoms with Crippen molar-refractivity contribution >= 4 is 32.5 Å². The number of Topliss-reactive ketones (excluding diaryl/α,β-unsaturated/α-hetero) is 1. The van der Waals surface area contributed by atoms with Crippen LogP contribution < -0.4 is 10.5 Å². The summed E-state index contributed by atoms with van der Waals surface area (Å²) in [7, 11) is 0. The molecule has 1 aliphatic rings. The molecule has 2 aromatic carbocycles. The number of thiazole rings is 1. The monoisotopic (exact) mass is 447 g/mol. The summed E-state index contributed by atoms with van der Waals surface area (Å²) in [5.41, 5.74) is 1.89. The number of benzene rings is 2. The predicted octanol–water partition coefficient (Wildman–Crippen LogP) is 4.96. The highest BCUT2D eigenvalue weighted by Gasteiger charge is 2.32. The Morgan fingerprint density at radius 3 is 2.75 bits per heavy atom. The lowest BCUT2D eigenvalue weighted by Gasteiger charge is -2.22. The first-order valence-corrected chi connectivity index (χ1v) is 11.5. The number of nitrogens with zero attached hydrogens (tertiary/aromatic N) is 2. The SMILES string of the molecule is O=C(CCc1ccccc1)[C@H]1CCCN1c1nc2c(=O)[nH]c(-c3ccccc3F)cc2s1. The number of aryl methyl sites for hydroxylation is 1. The summed E-state index contributed by atoms with van der Waals surface area (Å²) in [5.74, 6) is -0.192. The van der Waals surface area contributed by atoms with Gasteiger partial charge in [0.1, 0.15) is 11.3 Å². The standard InChI is InChI=1S/C25H22FN3O2S/c26-18-10-5-4-9-17(18)19-15-22-23(24(31)27-19)28-25(32-22)29-14-6-11-20(29)21(30)13-12-16-7-2-1-3-8-16/h1-5,7-10,15,20H,6,11-14H2,(H,27,31)/t20-/m1/s1. The number of halogens is 1. The smallest absolute Gasteiger partial charge is 0.275 e. The number of carbonyl (C=O) groups is 1. The average molecular weight is 448 g/mol. The van der Waals surface area contributed by atoms with E-state index < -0.39 is 5.82 Å². The molecule has 1 N–H and O–H groups in total. The summed E-state index contributed by atoms with van der Waals surface area (Å²) >= 11 is 1.38. The van der Waals surface area contributed by atoms with Crippen LogP contribution in [0.15, 0.2) is 65.5 Å². The van der Waals surface area contributed by atoms with Crippen LogP contribution >= 0.6 is 11.3 Å². The number of pyridine rings is 1. The highest BCUT2D eigenvalue weighted by Crippen LogP contribution is 2.34. The maximum Gasteiger partial charge on any atom is 0.275 e. The molecule has 1 saturated heterocycles. The van der Waals surface area contributed by atoms with Crippen molar-refractivity contribution in [1.29, 1.82) is 0 Å². The first-order valence-electron chi connectivity index (χ1n) is 10.7. The normalized spacial score (nSPS) is 16.0. The lowest BCUT2D eigenvalue weighted by atomic mass is 10.0. The molecule has 162 valence electrons. The lowest BCUT2D eigenvalue weighted by Crippen LogP contribution is -2.36. The Morgan fingerprint density at radius 2 is 1.94 bits per heavy atom. The summed E-state index contributed by atoms with van der Waals surface area (Å²) in [6.07, 6.45) is 2.90. The Bertz CT molecular complexity index is 1330. The van der Waals surface area contributed by atoms with E-state index in [2.05, 4.69) is 9.97 Å². The van der Waals surface area contributed by atoms with Crippen LogP contribution in [0, 0.1) is 5.82 Å². The van der Waals surface area contributed by atoms with Crippen LogP contribution in [-0.4, -0.2) is 28.3 Å². The molecule has 1 atom stereocenters. The Balaban J connectivity index is 1.41. The fourth-order valence-corrected chi connectivity index (χ4v) is 5.37. The van der Waals surface area contributed by atoms with Crippen LogP contribution in [0.1, 0.15) is 24.8 Å². The second kappa shape index (κ2) is 8.67. The molecule has 0 aliphatic carbocycles. The maximum atomic E-state index is 14.2. The summed E-state index contributed by atoms with van der Waals surface area (Å²) in [5, 5.41) is 0.673. The van der Waals surface area contributed by atoms with Gasteiger partial charge >= 0.3 is 0 Å². The quantitative estimate of drug-likeness (QED) is 0.454. The molecule has 3 heterocycles. The molecule has 0 unspecified atom stereocenters. The molecule has 0 bridgehead atoms. The molecule has 0 spiro atoms. The van der Waals surface area contributed by atoms with Crippen LogP contribution in [0.3, 0.4) is 0 Å². The molecule has 0 amide bonds. The molecular formula is C25H22FN3O2S. The van der Waals surface area contributed by atoms with E-state index >= 15 is 0 Å². The molecular weight excluding hydrogens is 425 g/mol. The van der Waals surface area contributed by atoms with Gasteiger partial charge in [0.05, 0.1) is 16.4 Å². The van der Waals surface area contributed by atoms with Crippen molar-refractivity contribution in [2.75, 3.05) is 11.4 Å². The van der Waals surface area contributed by atoms with Crippen molar-refractivity contribution in [1.82, 2.24) is 9.97 Å². The van der Waals surface area contributed by atoms with Crippen molar-refractivity contribution in [3.63, 3.8) is 0 Å².